The van der Waals surface area contributed by atoms with Crippen molar-refractivity contribution in [2.24, 2.45) is 5.73 Å². The average molecular weight is 273 g/mol. The highest BCUT2D eigenvalue weighted by Gasteiger charge is 2.08. The minimum absolute atomic E-state index is 0.269. The number of nitrogens with one attached hydrogen (secondary N) is 1. The Hall–Kier alpha value is -1.85. The van der Waals surface area contributed by atoms with Crippen LogP contribution in [0.1, 0.15) is 5.56 Å². The van der Waals surface area contributed by atoms with Crippen LogP contribution < -0.4 is 5.73 Å². The first-order chi connectivity index (χ1) is 9.26. The van der Waals surface area contributed by atoms with Crippen molar-refractivity contribution < 1.29 is 4.39 Å². The van der Waals surface area contributed by atoms with Gasteiger partial charge in [-0.1, -0.05) is 23.9 Å². The fourth-order valence-corrected chi connectivity index (χ4v) is 2.81. The van der Waals surface area contributed by atoms with Crippen molar-refractivity contribution in [3.05, 3.63) is 53.8 Å². The van der Waals surface area contributed by atoms with Crippen molar-refractivity contribution in [1.82, 2.24) is 9.97 Å². The number of benzene rings is 2. The Kier molecular flexibility index (Phi) is 3.23. The molecule has 0 amide bonds. The largest absolute Gasteiger partial charge is 0.333 e. The quantitative estimate of drug-likeness (QED) is 0.769. The molecule has 96 valence electrons. The van der Waals surface area contributed by atoms with Crippen molar-refractivity contribution in [2.75, 3.05) is 0 Å². The summed E-state index contributed by atoms with van der Waals surface area (Å²) in [5, 5.41) is 0.780. The number of aromatic amines is 1. The Morgan fingerprint density at radius 3 is 2.84 bits per heavy atom. The molecule has 0 spiro atoms. The van der Waals surface area contributed by atoms with E-state index >= 15 is 0 Å². The maximum absolute atomic E-state index is 13.2. The summed E-state index contributed by atoms with van der Waals surface area (Å²) < 4.78 is 13.2. The molecule has 0 aliphatic carbocycles. The molecular weight excluding hydrogens is 261 g/mol. The van der Waals surface area contributed by atoms with Crippen molar-refractivity contribution in [3.8, 4) is 0 Å². The van der Waals surface area contributed by atoms with Crippen LogP contribution >= 0.6 is 11.8 Å². The van der Waals surface area contributed by atoms with Gasteiger partial charge in [0.05, 0.1) is 11.0 Å². The van der Waals surface area contributed by atoms with Crippen LogP contribution in [0.25, 0.3) is 11.0 Å². The summed E-state index contributed by atoms with van der Waals surface area (Å²) in [5.41, 5.74) is 8.33. The Morgan fingerprint density at radius 1 is 1.21 bits per heavy atom. The molecule has 0 radical (unpaired) electrons. The van der Waals surface area contributed by atoms with Gasteiger partial charge in [0.15, 0.2) is 5.16 Å². The lowest BCUT2D eigenvalue weighted by Crippen LogP contribution is -1.99. The summed E-state index contributed by atoms with van der Waals surface area (Å²) in [6.45, 7) is 0.306. The molecule has 5 heteroatoms. The van der Waals surface area contributed by atoms with E-state index in [4.69, 9.17) is 5.73 Å². The second-order valence-corrected chi connectivity index (χ2v) is 5.15. The minimum atomic E-state index is -0.269. The Bertz CT molecular complexity index is 691. The molecule has 1 aromatic heterocycles. The van der Waals surface area contributed by atoms with E-state index in [-0.39, 0.29) is 5.82 Å². The van der Waals surface area contributed by atoms with E-state index < -0.39 is 0 Å². The number of imidazole rings is 1. The standard InChI is InChI=1S/C14H12FN3S/c15-10-5-6-13(9(7-10)8-16)19-14-17-11-3-1-2-4-12(11)18-14/h1-7H,8,16H2,(H,17,18). The minimum Gasteiger partial charge on any atom is -0.333 e. The van der Waals surface area contributed by atoms with Crippen LogP contribution in [0.4, 0.5) is 4.39 Å². The summed E-state index contributed by atoms with van der Waals surface area (Å²) in [7, 11) is 0. The predicted molar refractivity (Wildman–Crippen MR) is 74.5 cm³/mol. The smallest absolute Gasteiger partial charge is 0.171 e. The van der Waals surface area contributed by atoms with Gasteiger partial charge < -0.3 is 10.7 Å². The number of aromatic nitrogens is 2. The van der Waals surface area contributed by atoms with Crippen LogP contribution in [0.5, 0.6) is 0 Å². The van der Waals surface area contributed by atoms with Crippen LogP contribution in [-0.2, 0) is 6.54 Å². The molecule has 0 aliphatic heterocycles. The molecule has 3 aromatic rings. The van der Waals surface area contributed by atoms with Crippen LogP contribution in [0.3, 0.4) is 0 Å². The maximum Gasteiger partial charge on any atom is 0.171 e. The average Bonchev–Trinajstić information content (AvgIpc) is 2.83. The van der Waals surface area contributed by atoms with Crippen LogP contribution in [0.2, 0.25) is 0 Å². The van der Waals surface area contributed by atoms with Gasteiger partial charge >= 0.3 is 0 Å². The first-order valence-electron chi connectivity index (χ1n) is 5.87. The van der Waals surface area contributed by atoms with Gasteiger partial charge in [-0.05, 0) is 35.9 Å². The number of fused-ring (bicyclic) bond motifs is 1. The van der Waals surface area contributed by atoms with E-state index in [1.54, 1.807) is 6.07 Å². The molecule has 0 atom stereocenters. The summed E-state index contributed by atoms with van der Waals surface area (Å²) >= 11 is 1.46. The monoisotopic (exact) mass is 273 g/mol. The lowest BCUT2D eigenvalue weighted by atomic mass is 10.2. The topological polar surface area (TPSA) is 54.7 Å². The number of nitrogens with two attached hydrogens (primary N) is 1. The van der Waals surface area contributed by atoms with Crippen LogP contribution in [-0.4, -0.2) is 9.97 Å². The lowest BCUT2D eigenvalue weighted by Gasteiger charge is -2.05. The van der Waals surface area contributed by atoms with E-state index in [9.17, 15) is 4.39 Å². The number of halogens is 1. The number of nitrogens with zero attached hydrogens (tertiary/aromatic N) is 1. The zero-order valence-electron chi connectivity index (χ0n) is 10.1. The molecule has 0 saturated carbocycles. The highest BCUT2D eigenvalue weighted by molar-refractivity contribution is 7.99. The van der Waals surface area contributed by atoms with Crippen molar-refractivity contribution >= 4 is 22.8 Å². The van der Waals surface area contributed by atoms with Crippen LogP contribution in [0.15, 0.2) is 52.5 Å². The second kappa shape index (κ2) is 5.03. The van der Waals surface area contributed by atoms with Crippen molar-refractivity contribution in [2.45, 2.75) is 16.6 Å². The zero-order valence-corrected chi connectivity index (χ0v) is 10.9. The normalized spacial score (nSPS) is 11.1. The molecule has 0 bridgehead atoms. The van der Waals surface area contributed by atoms with Crippen LogP contribution in [0, 0.1) is 5.82 Å². The third-order valence-corrected chi connectivity index (χ3v) is 3.82. The molecule has 1 heterocycles. The van der Waals surface area contributed by atoms with Gasteiger partial charge in [-0.2, -0.15) is 0 Å². The molecule has 0 saturated heterocycles. The molecule has 0 fully saturated rings. The molecule has 0 aliphatic rings. The molecule has 3 rings (SSSR count). The number of rotatable bonds is 3. The SMILES string of the molecule is NCc1cc(F)ccc1Sc1nc2ccccc2[nH]1. The number of para-hydroxylation sites is 2. The Labute approximate surface area is 114 Å². The summed E-state index contributed by atoms with van der Waals surface area (Å²) in [6, 6.07) is 12.5. The molecule has 2 aromatic carbocycles. The summed E-state index contributed by atoms with van der Waals surface area (Å²) in [4.78, 5) is 8.63. The van der Waals surface area contributed by atoms with E-state index in [0.717, 1.165) is 26.6 Å². The molecule has 0 unspecified atom stereocenters. The van der Waals surface area contributed by atoms with E-state index in [2.05, 4.69) is 9.97 Å². The Balaban J connectivity index is 1.96. The highest BCUT2D eigenvalue weighted by Crippen LogP contribution is 2.30. The molecular formula is C14H12FN3S. The van der Waals surface area contributed by atoms with E-state index in [1.165, 1.54) is 23.9 Å². The van der Waals surface area contributed by atoms with Gasteiger partial charge in [0, 0.05) is 11.4 Å². The van der Waals surface area contributed by atoms with Gasteiger partial charge in [-0.15, -0.1) is 0 Å². The third kappa shape index (κ3) is 2.47. The molecule has 3 N–H and O–H groups in total. The first-order valence-corrected chi connectivity index (χ1v) is 6.69. The van der Waals surface area contributed by atoms with Gasteiger partial charge in [-0.25, -0.2) is 9.37 Å². The van der Waals surface area contributed by atoms with E-state index in [0.29, 0.717) is 6.54 Å². The Morgan fingerprint density at radius 2 is 2.05 bits per heavy atom. The van der Waals surface area contributed by atoms with Gasteiger partial charge in [0.25, 0.3) is 0 Å². The molecule has 3 nitrogen and oxygen atoms in total. The van der Waals surface area contributed by atoms with E-state index in [1.807, 2.05) is 24.3 Å². The first kappa shape index (κ1) is 12.2. The summed E-state index contributed by atoms with van der Waals surface area (Å²) in [6.07, 6.45) is 0. The third-order valence-electron chi connectivity index (χ3n) is 2.82. The van der Waals surface area contributed by atoms with Gasteiger partial charge in [0.2, 0.25) is 0 Å². The van der Waals surface area contributed by atoms with Crippen molar-refractivity contribution in [3.63, 3.8) is 0 Å². The lowest BCUT2D eigenvalue weighted by molar-refractivity contribution is 0.623. The zero-order chi connectivity index (χ0) is 13.2. The number of hydrogen-bond acceptors (Lipinski definition) is 3. The molecule has 19 heavy (non-hydrogen) atoms. The second-order valence-electron chi connectivity index (χ2n) is 4.12. The van der Waals surface area contributed by atoms with Gasteiger partial charge in [0.1, 0.15) is 5.82 Å². The fraction of sp³-hybridized carbons (Fsp3) is 0.0714. The maximum atomic E-state index is 13.2. The highest BCUT2D eigenvalue weighted by atomic mass is 32.2. The number of hydrogen-bond donors (Lipinski definition) is 2. The van der Waals surface area contributed by atoms with Gasteiger partial charge in [-0.3, -0.25) is 0 Å². The number of H-pyrrole nitrogens is 1. The van der Waals surface area contributed by atoms with Crippen molar-refractivity contribution in [1.29, 1.82) is 0 Å². The summed E-state index contributed by atoms with van der Waals surface area (Å²) in [5.74, 6) is -0.269. The predicted octanol–water partition coefficient (Wildman–Crippen LogP) is 3.31. The fourth-order valence-electron chi connectivity index (χ4n) is 1.89.